The van der Waals surface area contributed by atoms with E-state index in [2.05, 4.69) is 15.6 Å². The number of carbonyl (C=O) groups is 2. The highest BCUT2D eigenvalue weighted by Gasteiger charge is 2.17. The Morgan fingerprint density at radius 3 is 2.22 bits per heavy atom. The van der Waals surface area contributed by atoms with E-state index >= 15 is 0 Å². The van der Waals surface area contributed by atoms with Gasteiger partial charge in [0.2, 0.25) is 0 Å². The average Bonchev–Trinajstić information content (AvgIpc) is 2.52. The summed E-state index contributed by atoms with van der Waals surface area (Å²) in [6, 6.07) is 11.2. The summed E-state index contributed by atoms with van der Waals surface area (Å²) in [6.45, 7) is 6.12. The van der Waals surface area contributed by atoms with Crippen molar-refractivity contribution < 1.29 is 9.59 Å². The maximum atomic E-state index is 12.2. The molecule has 0 aliphatic carbocycles. The molecule has 0 aliphatic rings. The summed E-state index contributed by atoms with van der Waals surface area (Å²) in [5, 5.41) is 5.67. The number of hydrogen-bond acceptors (Lipinski definition) is 3. The van der Waals surface area contributed by atoms with Gasteiger partial charge in [-0.15, -0.1) is 0 Å². The predicted molar refractivity (Wildman–Crippen MR) is 89.1 cm³/mol. The summed E-state index contributed by atoms with van der Waals surface area (Å²) in [5.41, 5.74) is 1.40. The topological polar surface area (TPSA) is 71.1 Å². The molecule has 1 aromatic heterocycles. The number of amides is 2. The summed E-state index contributed by atoms with van der Waals surface area (Å²) >= 11 is 0. The smallest absolute Gasteiger partial charge is 0.253 e. The molecule has 23 heavy (non-hydrogen) atoms. The van der Waals surface area contributed by atoms with Crippen LogP contribution in [0.3, 0.4) is 0 Å². The van der Waals surface area contributed by atoms with Gasteiger partial charge in [-0.25, -0.2) is 0 Å². The molecule has 1 heterocycles. The number of hydrogen-bond donors (Lipinski definition) is 2. The molecule has 0 spiro atoms. The zero-order valence-corrected chi connectivity index (χ0v) is 13.6. The summed E-state index contributed by atoms with van der Waals surface area (Å²) < 4.78 is 0. The molecule has 1 aromatic carbocycles. The molecule has 120 valence electrons. The molecule has 0 bridgehead atoms. The Labute approximate surface area is 136 Å². The second kappa shape index (κ2) is 7.05. The maximum absolute atomic E-state index is 12.2. The lowest BCUT2D eigenvalue weighted by Gasteiger charge is -2.20. The molecule has 2 aromatic rings. The molecule has 2 amide bonds. The van der Waals surface area contributed by atoms with Crippen molar-refractivity contribution in [3.63, 3.8) is 0 Å². The van der Waals surface area contributed by atoms with Crippen molar-refractivity contribution in [2.24, 2.45) is 0 Å². The Kier molecular flexibility index (Phi) is 5.11. The van der Waals surface area contributed by atoms with Crippen molar-refractivity contribution in [3.05, 3.63) is 65.5 Å². The summed E-state index contributed by atoms with van der Waals surface area (Å²) in [7, 11) is 0. The average molecular weight is 311 g/mol. The van der Waals surface area contributed by atoms with Gasteiger partial charge in [0.1, 0.15) is 0 Å². The highest BCUT2D eigenvalue weighted by Crippen LogP contribution is 2.07. The van der Waals surface area contributed by atoms with Crippen LogP contribution >= 0.6 is 0 Å². The van der Waals surface area contributed by atoms with E-state index in [1.165, 1.54) is 12.4 Å². The Balaban J connectivity index is 2.04. The van der Waals surface area contributed by atoms with Crippen molar-refractivity contribution in [2.45, 2.75) is 32.9 Å². The predicted octanol–water partition coefficient (Wildman–Crippen LogP) is 2.54. The van der Waals surface area contributed by atoms with E-state index in [0.29, 0.717) is 17.7 Å². The van der Waals surface area contributed by atoms with Crippen LogP contribution < -0.4 is 10.6 Å². The monoisotopic (exact) mass is 311 g/mol. The minimum Gasteiger partial charge on any atom is -0.348 e. The van der Waals surface area contributed by atoms with E-state index in [1.807, 2.05) is 51.1 Å². The lowest BCUT2D eigenvalue weighted by Crippen LogP contribution is -2.40. The number of aromatic nitrogens is 1. The van der Waals surface area contributed by atoms with Crippen molar-refractivity contribution in [2.75, 3.05) is 0 Å². The fourth-order valence-corrected chi connectivity index (χ4v) is 1.98. The third kappa shape index (κ3) is 5.21. The first-order chi connectivity index (χ1) is 10.8. The van der Waals surface area contributed by atoms with E-state index in [9.17, 15) is 9.59 Å². The molecule has 2 N–H and O–H groups in total. The first kappa shape index (κ1) is 16.7. The normalized spacial score (nSPS) is 10.9. The number of benzene rings is 1. The zero-order valence-electron chi connectivity index (χ0n) is 13.6. The van der Waals surface area contributed by atoms with Crippen LogP contribution in [0.5, 0.6) is 0 Å². The minimum atomic E-state index is -0.345. The molecular weight excluding hydrogens is 290 g/mol. The Morgan fingerprint density at radius 2 is 1.61 bits per heavy atom. The summed E-state index contributed by atoms with van der Waals surface area (Å²) in [5.74, 6) is -0.505. The molecule has 0 radical (unpaired) electrons. The molecule has 2 rings (SSSR count). The van der Waals surface area contributed by atoms with Crippen LogP contribution in [0.4, 0.5) is 0 Å². The minimum absolute atomic E-state index is 0.247. The number of carbonyl (C=O) groups excluding carboxylic acids is 2. The SMILES string of the molecule is CC(C)(C)NC(=O)c1cncc(C(=O)NCc2ccccc2)c1. The number of nitrogens with one attached hydrogen (secondary N) is 2. The van der Waals surface area contributed by atoms with E-state index in [-0.39, 0.29) is 17.4 Å². The Morgan fingerprint density at radius 1 is 1.00 bits per heavy atom. The second-order valence-corrected chi connectivity index (χ2v) is 6.33. The van der Waals surface area contributed by atoms with Crippen LogP contribution in [0.2, 0.25) is 0 Å². The van der Waals surface area contributed by atoms with Gasteiger partial charge in [-0.2, -0.15) is 0 Å². The summed E-state index contributed by atoms with van der Waals surface area (Å²) in [4.78, 5) is 28.3. The van der Waals surface area contributed by atoms with Crippen molar-refractivity contribution >= 4 is 11.8 Å². The standard InChI is InChI=1S/C18H21N3O2/c1-18(2,3)21-17(23)15-9-14(11-19-12-15)16(22)20-10-13-7-5-4-6-8-13/h4-9,11-12H,10H2,1-3H3,(H,20,22)(H,21,23). The van der Waals surface area contributed by atoms with E-state index < -0.39 is 0 Å². The van der Waals surface area contributed by atoms with Gasteiger partial charge in [-0.1, -0.05) is 30.3 Å². The highest BCUT2D eigenvalue weighted by atomic mass is 16.2. The van der Waals surface area contributed by atoms with Crippen molar-refractivity contribution in [1.82, 2.24) is 15.6 Å². The molecule has 0 saturated heterocycles. The highest BCUT2D eigenvalue weighted by molar-refractivity contribution is 5.99. The third-order valence-corrected chi connectivity index (χ3v) is 3.05. The molecule has 0 fully saturated rings. The van der Waals surface area contributed by atoms with E-state index in [4.69, 9.17) is 0 Å². The van der Waals surface area contributed by atoms with Crippen molar-refractivity contribution in [1.29, 1.82) is 0 Å². The second-order valence-electron chi connectivity index (χ2n) is 6.33. The van der Waals surface area contributed by atoms with E-state index in [1.54, 1.807) is 6.07 Å². The molecule has 0 atom stereocenters. The third-order valence-electron chi connectivity index (χ3n) is 3.05. The van der Waals surface area contributed by atoms with Gasteiger partial charge in [0.15, 0.2) is 0 Å². The van der Waals surface area contributed by atoms with Crippen LogP contribution in [-0.4, -0.2) is 22.3 Å². The molecule has 0 saturated carbocycles. The molecular formula is C18H21N3O2. The molecule has 5 heteroatoms. The first-order valence-electron chi connectivity index (χ1n) is 7.45. The van der Waals surface area contributed by atoms with Crippen LogP contribution in [0.1, 0.15) is 47.1 Å². The van der Waals surface area contributed by atoms with Gasteiger partial charge >= 0.3 is 0 Å². The van der Waals surface area contributed by atoms with Crippen LogP contribution in [0.25, 0.3) is 0 Å². The molecule has 0 aliphatic heterocycles. The lowest BCUT2D eigenvalue weighted by molar-refractivity contribution is 0.0919. The van der Waals surface area contributed by atoms with E-state index in [0.717, 1.165) is 5.56 Å². The summed E-state index contributed by atoms with van der Waals surface area (Å²) in [6.07, 6.45) is 2.91. The maximum Gasteiger partial charge on any atom is 0.253 e. The molecule has 0 unspecified atom stereocenters. The zero-order chi connectivity index (χ0) is 16.9. The fourth-order valence-electron chi connectivity index (χ4n) is 1.98. The largest absolute Gasteiger partial charge is 0.348 e. The number of pyridine rings is 1. The van der Waals surface area contributed by atoms with Gasteiger partial charge in [-0.05, 0) is 32.4 Å². The van der Waals surface area contributed by atoms with Gasteiger partial charge in [0.25, 0.3) is 11.8 Å². The van der Waals surface area contributed by atoms with Crippen LogP contribution in [-0.2, 0) is 6.54 Å². The van der Waals surface area contributed by atoms with Gasteiger partial charge in [0.05, 0.1) is 11.1 Å². The van der Waals surface area contributed by atoms with Gasteiger partial charge in [0, 0.05) is 24.5 Å². The van der Waals surface area contributed by atoms with Gasteiger partial charge < -0.3 is 10.6 Å². The number of nitrogens with zero attached hydrogens (tertiary/aromatic N) is 1. The first-order valence-corrected chi connectivity index (χ1v) is 7.45. The fraction of sp³-hybridized carbons (Fsp3) is 0.278. The van der Waals surface area contributed by atoms with Gasteiger partial charge in [-0.3, -0.25) is 14.6 Å². The Bertz CT molecular complexity index is 691. The lowest BCUT2D eigenvalue weighted by atomic mass is 10.1. The van der Waals surface area contributed by atoms with Crippen LogP contribution in [0, 0.1) is 0 Å². The number of rotatable bonds is 4. The quantitative estimate of drug-likeness (QED) is 0.911. The van der Waals surface area contributed by atoms with Crippen LogP contribution in [0.15, 0.2) is 48.8 Å². The van der Waals surface area contributed by atoms with Crippen molar-refractivity contribution in [3.8, 4) is 0 Å². The molecule has 5 nitrogen and oxygen atoms in total. The Hall–Kier alpha value is -2.69.